The van der Waals surface area contributed by atoms with Crippen LogP contribution in [0.4, 0.5) is 8.78 Å². The van der Waals surface area contributed by atoms with Crippen LogP contribution < -0.4 is 0 Å². The van der Waals surface area contributed by atoms with Crippen molar-refractivity contribution in [2.45, 2.75) is 33.2 Å². The summed E-state index contributed by atoms with van der Waals surface area (Å²) in [5.41, 5.74) is 3.68. The summed E-state index contributed by atoms with van der Waals surface area (Å²) in [5, 5.41) is 12.2. The van der Waals surface area contributed by atoms with E-state index >= 15 is 4.39 Å². The lowest BCUT2D eigenvalue weighted by molar-refractivity contribution is 0.235. The molecule has 0 aliphatic carbocycles. The molecule has 0 saturated carbocycles. The van der Waals surface area contributed by atoms with E-state index in [1.165, 1.54) is 12.3 Å². The smallest absolute Gasteiger partial charge is 0.155 e. The zero-order valence-electron chi connectivity index (χ0n) is 15.5. The quantitative estimate of drug-likeness (QED) is 0.567. The lowest BCUT2D eigenvalue weighted by atomic mass is 9.83. The van der Waals surface area contributed by atoms with Crippen LogP contribution in [0.3, 0.4) is 0 Å². The molecule has 0 spiro atoms. The third kappa shape index (κ3) is 2.59. The molecule has 1 aliphatic rings. The molecule has 0 fully saturated rings. The molecule has 1 N–H and O–H groups in total. The van der Waals surface area contributed by atoms with E-state index in [4.69, 9.17) is 5.10 Å². The number of halogens is 2. The normalized spacial score (nSPS) is 15.7. The molecule has 5 rings (SSSR count). The van der Waals surface area contributed by atoms with Gasteiger partial charge >= 0.3 is 0 Å². The first-order valence-corrected chi connectivity index (χ1v) is 9.12. The second-order valence-corrected chi connectivity index (χ2v) is 7.97. The van der Waals surface area contributed by atoms with Gasteiger partial charge in [0.1, 0.15) is 17.3 Å². The molecule has 142 valence electrons. The fourth-order valence-corrected chi connectivity index (χ4v) is 3.91. The van der Waals surface area contributed by atoms with Crippen molar-refractivity contribution in [1.82, 2.24) is 29.9 Å². The van der Waals surface area contributed by atoms with Gasteiger partial charge in [0.15, 0.2) is 5.65 Å². The number of hydrogen-bond acceptors (Lipinski definition) is 4. The molecular formula is C20H18F2N6. The Hall–Kier alpha value is -3.16. The average molecular weight is 380 g/mol. The Bertz CT molecular complexity index is 1190. The second-order valence-electron chi connectivity index (χ2n) is 7.97. The van der Waals surface area contributed by atoms with Gasteiger partial charge in [-0.25, -0.2) is 13.8 Å². The molecule has 28 heavy (non-hydrogen) atoms. The summed E-state index contributed by atoms with van der Waals surface area (Å²) in [6, 6.07) is 2.91. The van der Waals surface area contributed by atoms with E-state index in [0.29, 0.717) is 33.5 Å². The SMILES string of the molecule is CC1(C)CCc2c(-c3c(F)cnc4[nH]ncc34)c(-c3ccc(F)cn3)nn2C1. The molecule has 0 atom stereocenters. The summed E-state index contributed by atoms with van der Waals surface area (Å²) >= 11 is 0. The number of hydrogen-bond donors (Lipinski definition) is 1. The van der Waals surface area contributed by atoms with E-state index in [-0.39, 0.29) is 5.41 Å². The number of aromatic amines is 1. The van der Waals surface area contributed by atoms with Crippen molar-refractivity contribution in [3.8, 4) is 22.5 Å². The fourth-order valence-electron chi connectivity index (χ4n) is 3.91. The van der Waals surface area contributed by atoms with Crippen molar-refractivity contribution < 1.29 is 8.78 Å². The van der Waals surface area contributed by atoms with Crippen LogP contribution in [0, 0.1) is 17.0 Å². The highest BCUT2D eigenvalue weighted by atomic mass is 19.1. The van der Waals surface area contributed by atoms with E-state index in [1.54, 1.807) is 12.3 Å². The lowest BCUT2D eigenvalue weighted by Gasteiger charge is -2.30. The molecule has 4 aromatic heterocycles. The van der Waals surface area contributed by atoms with Crippen LogP contribution in [0.1, 0.15) is 26.0 Å². The van der Waals surface area contributed by atoms with Crippen LogP contribution in [0.15, 0.2) is 30.7 Å². The van der Waals surface area contributed by atoms with Crippen molar-refractivity contribution in [1.29, 1.82) is 0 Å². The van der Waals surface area contributed by atoms with E-state index in [2.05, 4.69) is 34.0 Å². The Morgan fingerprint density at radius 2 is 1.93 bits per heavy atom. The fraction of sp³-hybridized carbons (Fsp3) is 0.300. The van der Waals surface area contributed by atoms with Crippen molar-refractivity contribution >= 4 is 11.0 Å². The zero-order chi connectivity index (χ0) is 19.5. The van der Waals surface area contributed by atoms with Crippen LogP contribution in [0.25, 0.3) is 33.5 Å². The van der Waals surface area contributed by atoms with Gasteiger partial charge in [-0.2, -0.15) is 10.2 Å². The van der Waals surface area contributed by atoms with Gasteiger partial charge in [0.05, 0.1) is 24.3 Å². The van der Waals surface area contributed by atoms with Gasteiger partial charge in [-0.1, -0.05) is 13.8 Å². The first kappa shape index (κ1) is 17.0. The maximum absolute atomic E-state index is 15.0. The minimum absolute atomic E-state index is 0.0888. The minimum Gasteiger partial charge on any atom is -0.268 e. The van der Waals surface area contributed by atoms with Gasteiger partial charge < -0.3 is 0 Å². The zero-order valence-corrected chi connectivity index (χ0v) is 15.5. The molecule has 6 nitrogen and oxygen atoms in total. The molecule has 0 bridgehead atoms. The molecule has 0 amide bonds. The molecule has 0 unspecified atom stereocenters. The van der Waals surface area contributed by atoms with Crippen molar-refractivity contribution in [2.24, 2.45) is 5.41 Å². The number of aromatic nitrogens is 6. The standard InChI is InChI=1S/C20H18F2N6/c1-20(2)6-5-15-17(16-12-8-25-26-19(12)24-9-13(16)22)18(27-28(15)10-20)14-4-3-11(21)7-23-14/h3-4,7-9H,5-6,10H2,1-2H3,(H,24,25,26). The van der Waals surface area contributed by atoms with Gasteiger partial charge in [0.2, 0.25) is 0 Å². The van der Waals surface area contributed by atoms with E-state index in [0.717, 1.165) is 31.3 Å². The topological polar surface area (TPSA) is 72.3 Å². The van der Waals surface area contributed by atoms with Crippen molar-refractivity contribution in [3.63, 3.8) is 0 Å². The second kappa shape index (κ2) is 5.92. The van der Waals surface area contributed by atoms with Crippen LogP contribution in [-0.4, -0.2) is 29.9 Å². The molecular weight excluding hydrogens is 362 g/mol. The van der Waals surface area contributed by atoms with Crippen LogP contribution in [0.5, 0.6) is 0 Å². The summed E-state index contributed by atoms with van der Waals surface area (Å²) in [5.74, 6) is -0.874. The number of fused-ring (bicyclic) bond motifs is 2. The summed E-state index contributed by atoms with van der Waals surface area (Å²) in [7, 11) is 0. The highest BCUT2D eigenvalue weighted by Gasteiger charge is 2.32. The molecule has 1 aliphatic heterocycles. The Kier molecular flexibility index (Phi) is 3.59. The van der Waals surface area contributed by atoms with E-state index < -0.39 is 11.6 Å². The molecule has 0 aromatic carbocycles. The van der Waals surface area contributed by atoms with E-state index in [1.807, 2.05) is 4.68 Å². The summed E-state index contributed by atoms with van der Waals surface area (Å²) in [6.45, 7) is 5.10. The predicted molar refractivity (Wildman–Crippen MR) is 100 cm³/mol. The molecule has 0 radical (unpaired) electrons. The predicted octanol–water partition coefficient (Wildman–Crippen LogP) is 4.13. The minimum atomic E-state index is -0.446. The molecule has 4 aromatic rings. The summed E-state index contributed by atoms with van der Waals surface area (Å²) < 4.78 is 30.4. The van der Waals surface area contributed by atoms with Gasteiger partial charge in [-0.05, 0) is 30.4 Å². The van der Waals surface area contributed by atoms with Crippen LogP contribution in [-0.2, 0) is 13.0 Å². The lowest BCUT2D eigenvalue weighted by Crippen LogP contribution is -2.27. The van der Waals surface area contributed by atoms with Gasteiger partial charge in [0, 0.05) is 28.8 Å². The maximum Gasteiger partial charge on any atom is 0.155 e. The van der Waals surface area contributed by atoms with E-state index in [9.17, 15) is 4.39 Å². The number of nitrogens with zero attached hydrogens (tertiary/aromatic N) is 5. The van der Waals surface area contributed by atoms with Gasteiger partial charge in [0.25, 0.3) is 0 Å². The highest BCUT2D eigenvalue weighted by Crippen LogP contribution is 2.42. The molecule has 0 saturated heterocycles. The van der Waals surface area contributed by atoms with Crippen LogP contribution >= 0.6 is 0 Å². The third-order valence-electron chi connectivity index (χ3n) is 5.33. The Labute approximate surface area is 159 Å². The number of nitrogens with one attached hydrogen (secondary N) is 1. The number of pyridine rings is 2. The maximum atomic E-state index is 15.0. The van der Waals surface area contributed by atoms with Crippen molar-refractivity contribution in [3.05, 3.63) is 48.1 Å². The average Bonchev–Trinajstić information content (AvgIpc) is 3.26. The summed E-state index contributed by atoms with van der Waals surface area (Å²) in [6.07, 6.45) is 5.63. The third-order valence-corrected chi connectivity index (χ3v) is 5.33. The monoisotopic (exact) mass is 380 g/mol. The largest absolute Gasteiger partial charge is 0.268 e. The molecule has 5 heterocycles. The number of rotatable bonds is 2. The van der Waals surface area contributed by atoms with Gasteiger partial charge in [-0.3, -0.25) is 14.8 Å². The van der Waals surface area contributed by atoms with Crippen LogP contribution in [0.2, 0.25) is 0 Å². The number of H-pyrrole nitrogens is 1. The molecule has 8 heteroatoms. The van der Waals surface area contributed by atoms with Crippen molar-refractivity contribution in [2.75, 3.05) is 0 Å². The highest BCUT2D eigenvalue weighted by molar-refractivity contribution is 5.97. The Morgan fingerprint density at radius 3 is 2.71 bits per heavy atom. The first-order chi connectivity index (χ1) is 13.4. The Morgan fingerprint density at radius 1 is 1.07 bits per heavy atom. The van der Waals surface area contributed by atoms with Gasteiger partial charge in [-0.15, -0.1) is 0 Å². The first-order valence-electron chi connectivity index (χ1n) is 9.12. The summed E-state index contributed by atoms with van der Waals surface area (Å²) in [4.78, 5) is 8.27. The Balaban J connectivity index is 1.83.